The number of unbranched alkanes of at least 4 members (excludes halogenated alkanes) is 1. The highest BCUT2D eigenvalue weighted by molar-refractivity contribution is 5.94. The first kappa shape index (κ1) is 14.7. The molecule has 0 saturated carbocycles. The minimum atomic E-state index is -0.461. The highest BCUT2D eigenvalue weighted by atomic mass is 16.2. The number of hydrogen-bond donors (Lipinski definition) is 3. The third kappa shape index (κ3) is 4.85. The van der Waals surface area contributed by atoms with E-state index in [1.165, 1.54) is 0 Å². The van der Waals surface area contributed by atoms with E-state index in [1.54, 1.807) is 0 Å². The fraction of sp³-hybridized carbons (Fsp3) is 0.500. The summed E-state index contributed by atoms with van der Waals surface area (Å²) in [5, 5.41) is 2.86. The second kappa shape index (κ2) is 7.13. The Hall–Kier alpha value is -1.39. The first-order valence-electron chi connectivity index (χ1n) is 6.37. The molecular weight excluding hydrogens is 226 g/mol. The maximum Gasteiger partial charge on any atom is 0.241 e. The monoisotopic (exact) mass is 249 g/mol. The lowest BCUT2D eigenvalue weighted by molar-refractivity contribution is -0.117. The van der Waals surface area contributed by atoms with Crippen molar-refractivity contribution in [2.24, 2.45) is 11.5 Å². The number of carbonyl (C=O) groups is 1. The van der Waals surface area contributed by atoms with Gasteiger partial charge in [0.2, 0.25) is 5.91 Å². The van der Waals surface area contributed by atoms with Crippen LogP contribution >= 0.6 is 0 Å². The summed E-state index contributed by atoms with van der Waals surface area (Å²) in [5.41, 5.74) is 14.3. The molecular formula is C14H23N3O. The molecule has 1 aromatic rings. The quantitative estimate of drug-likeness (QED) is 0.671. The van der Waals surface area contributed by atoms with Crippen LogP contribution in [0.3, 0.4) is 0 Å². The van der Waals surface area contributed by atoms with Gasteiger partial charge in [-0.3, -0.25) is 4.79 Å². The van der Waals surface area contributed by atoms with Gasteiger partial charge < -0.3 is 16.8 Å². The molecule has 0 aliphatic heterocycles. The molecule has 0 spiro atoms. The predicted octanol–water partition coefficient (Wildman–Crippen LogP) is 1.70. The molecule has 0 radical (unpaired) electrons. The Labute approximate surface area is 109 Å². The summed E-state index contributed by atoms with van der Waals surface area (Å²) in [4.78, 5) is 11.9. The van der Waals surface area contributed by atoms with Gasteiger partial charge in [-0.1, -0.05) is 12.5 Å². The summed E-state index contributed by atoms with van der Waals surface area (Å²) in [6.07, 6.45) is 2.47. The van der Waals surface area contributed by atoms with E-state index in [4.69, 9.17) is 11.5 Å². The summed E-state index contributed by atoms with van der Waals surface area (Å²) in [6, 6.07) is 5.49. The third-order valence-electron chi connectivity index (χ3n) is 2.80. The van der Waals surface area contributed by atoms with Crippen LogP contribution in [0.4, 0.5) is 5.69 Å². The van der Waals surface area contributed by atoms with Crippen molar-refractivity contribution in [2.45, 2.75) is 39.2 Å². The molecule has 0 bridgehead atoms. The average Bonchev–Trinajstić information content (AvgIpc) is 2.27. The summed E-state index contributed by atoms with van der Waals surface area (Å²) in [5.74, 6) is -0.128. The van der Waals surface area contributed by atoms with Gasteiger partial charge in [0.1, 0.15) is 0 Å². The van der Waals surface area contributed by atoms with E-state index in [1.807, 2.05) is 26.0 Å². The van der Waals surface area contributed by atoms with Crippen LogP contribution < -0.4 is 16.8 Å². The number of carbonyl (C=O) groups excluding carboxylic acids is 1. The Kier molecular flexibility index (Phi) is 5.82. The van der Waals surface area contributed by atoms with Crippen LogP contribution in [-0.4, -0.2) is 18.5 Å². The lowest BCUT2D eigenvalue weighted by Gasteiger charge is -2.13. The number of hydrogen-bond acceptors (Lipinski definition) is 3. The second-order valence-corrected chi connectivity index (χ2v) is 4.76. The van der Waals surface area contributed by atoms with Gasteiger partial charge in [0.25, 0.3) is 0 Å². The zero-order valence-corrected chi connectivity index (χ0v) is 11.2. The van der Waals surface area contributed by atoms with Crippen LogP contribution in [0, 0.1) is 13.8 Å². The SMILES string of the molecule is Cc1cc(C)cc(NC(=O)C(N)CCCCN)c1. The van der Waals surface area contributed by atoms with Crippen LogP contribution in [0.1, 0.15) is 30.4 Å². The van der Waals surface area contributed by atoms with Crippen molar-refractivity contribution in [2.75, 3.05) is 11.9 Å². The standard InChI is InChI=1S/C14H23N3O/c1-10-7-11(2)9-12(8-10)17-14(18)13(16)5-3-4-6-15/h7-9,13H,3-6,15-16H2,1-2H3,(H,17,18). The Bertz CT molecular complexity index is 384. The summed E-state index contributed by atoms with van der Waals surface area (Å²) < 4.78 is 0. The largest absolute Gasteiger partial charge is 0.330 e. The zero-order chi connectivity index (χ0) is 13.5. The van der Waals surface area contributed by atoms with Gasteiger partial charge in [-0.15, -0.1) is 0 Å². The summed E-state index contributed by atoms with van der Waals surface area (Å²) in [7, 11) is 0. The molecule has 0 aliphatic rings. The predicted molar refractivity (Wildman–Crippen MR) is 75.4 cm³/mol. The van der Waals surface area contributed by atoms with E-state index in [0.29, 0.717) is 13.0 Å². The Balaban J connectivity index is 2.52. The normalized spacial score (nSPS) is 12.2. The van der Waals surface area contributed by atoms with E-state index in [9.17, 15) is 4.79 Å². The molecule has 100 valence electrons. The summed E-state index contributed by atoms with van der Waals surface area (Å²) >= 11 is 0. The van der Waals surface area contributed by atoms with Gasteiger partial charge >= 0.3 is 0 Å². The van der Waals surface area contributed by atoms with Crippen LogP contribution in [0.15, 0.2) is 18.2 Å². The molecule has 1 amide bonds. The van der Waals surface area contributed by atoms with Gasteiger partial charge in [0, 0.05) is 5.69 Å². The van der Waals surface area contributed by atoms with Gasteiger partial charge in [0.05, 0.1) is 6.04 Å². The van der Waals surface area contributed by atoms with Gasteiger partial charge in [-0.25, -0.2) is 0 Å². The topological polar surface area (TPSA) is 81.1 Å². The fourth-order valence-electron chi connectivity index (χ4n) is 1.92. The number of aryl methyl sites for hydroxylation is 2. The van der Waals surface area contributed by atoms with Crippen molar-refractivity contribution in [3.05, 3.63) is 29.3 Å². The molecule has 1 aromatic carbocycles. The molecule has 18 heavy (non-hydrogen) atoms. The van der Waals surface area contributed by atoms with E-state index in [2.05, 4.69) is 11.4 Å². The molecule has 0 fully saturated rings. The lowest BCUT2D eigenvalue weighted by Crippen LogP contribution is -2.35. The zero-order valence-electron chi connectivity index (χ0n) is 11.2. The fourth-order valence-corrected chi connectivity index (χ4v) is 1.92. The maximum atomic E-state index is 11.9. The molecule has 0 heterocycles. The van der Waals surface area contributed by atoms with Crippen LogP contribution in [0.25, 0.3) is 0 Å². The number of nitrogens with one attached hydrogen (secondary N) is 1. The van der Waals surface area contributed by atoms with Crippen LogP contribution in [-0.2, 0) is 4.79 Å². The van der Waals surface area contributed by atoms with Gasteiger partial charge in [-0.05, 0) is 56.5 Å². The first-order valence-corrected chi connectivity index (χ1v) is 6.37. The van der Waals surface area contributed by atoms with Crippen molar-refractivity contribution in [1.82, 2.24) is 0 Å². The minimum absolute atomic E-state index is 0.128. The molecule has 1 rings (SSSR count). The van der Waals surface area contributed by atoms with E-state index in [-0.39, 0.29) is 5.91 Å². The Morgan fingerprint density at radius 1 is 1.22 bits per heavy atom. The Morgan fingerprint density at radius 3 is 2.39 bits per heavy atom. The second-order valence-electron chi connectivity index (χ2n) is 4.76. The van der Waals surface area contributed by atoms with Crippen LogP contribution in [0.5, 0.6) is 0 Å². The summed E-state index contributed by atoms with van der Waals surface area (Å²) in [6.45, 7) is 4.65. The molecule has 4 nitrogen and oxygen atoms in total. The van der Waals surface area contributed by atoms with Crippen molar-refractivity contribution in [3.8, 4) is 0 Å². The minimum Gasteiger partial charge on any atom is -0.330 e. The van der Waals surface area contributed by atoms with E-state index < -0.39 is 6.04 Å². The highest BCUT2D eigenvalue weighted by Crippen LogP contribution is 2.14. The highest BCUT2D eigenvalue weighted by Gasteiger charge is 2.13. The van der Waals surface area contributed by atoms with Gasteiger partial charge in [0.15, 0.2) is 0 Å². The Morgan fingerprint density at radius 2 is 1.83 bits per heavy atom. The average molecular weight is 249 g/mol. The lowest BCUT2D eigenvalue weighted by atomic mass is 10.1. The van der Waals surface area contributed by atoms with Crippen molar-refractivity contribution >= 4 is 11.6 Å². The molecule has 4 heteroatoms. The third-order valence-corrected chi connectivity index (χ3v) is 2.80. The number of nitrogens with two attached hydrogens (primary N) is 2. The molecule has 0 aliphatic carbocycles. The van der Waals surface area contributed by atoms with Crippen LogP contribution in [0.2, 0.25) is 0 Å². The number of amides is 1. The van der Waals surface area contributed by atoms with Gasteiger partial charge in [-0.2, -0.15) is 0 Å². The number of benzene rings is 1. The number of anilines is 1. The molecule has 1 unspecified atom stereocenters. The maximum absolute atomic E-state index is 11.9. The molecule has 0 saturated heterocycles. The molecule has 0 aromatic heterocycles. The number of rotatable bonds is 6. The molecule has 5 N–H and O–H groups in total. The van der Waals surface area contributed by atoms with Crippen molar-refractivity contribution in [3.63, 3.8) is 0 Å². The molecule has 1 atom stereocenters. The smallest absolute Gasteiger partial charge is 0.241 e. The van der Waals surface area contributed by atoms with Crippen molar-refractivity contribution < 1.29 is 4.79 Å². The van der Waals surface area contributed by atoms with Crippen molar-refractivity contribution in [1.29, 1.82) is 0 Å². The van der Waals surface area contributed by atoms with E-state index in [0.717, 1.165) is 29.7 Å². The van der Waals surface area contributed by atoms with E-state index >= 15 is 0 Å². The first-order chi connectivity index (χ1) is 8.52.